The lowest BCUT2D eigenvalue weighted by Crippen LogP contribution is -2.11. The Kier molecular flexibility index (Phi) is 5.09. The lowest BCUT2D eigenvalue weighted by Gasteiger charge is -2.30. The molecule has 0 bridgehead atoms. The van der Waals surface area contributed by atoms with E-state index in [2.05, 4.69) is 152 Å². The molecule has 0 atom stereocenters. The van der Waals surface area contributed by atoms with Crippen LogP contribution >= 0.6 is 0 Å². The predicted molar refractivity (Wildman–Crippen MR) is 174 cm³/mol. The Balaban J connectivity index is 1.52. The molecular weight excluding hydrogens is 482 g/mol. The van der Waals surface area contributed by atoms with Crippen LogP contribution in [-0.2, 0) is 0 Å². The van der Waals surface area contributed by atoms with Crippen molar-refractivity contribution < 1.29 is 0 Å². The number of anilines is 3. The van der Waals surface area contributed by atoms with E-state index in [1.165, 1.54) is 76.5 Å². The second-order valence-corrected chi connectivity index (χ2v) is 11.1. The lowest BCUT2D eigenvalue weighted by molar-refractivity contribution is 0.877. The van der Waals surface area contributed by atoms with Gasteiger partial charge in [-0.05, 0) is 67.4 Å². The minimum Gasteiger partial charge on any atom is -0.309 e. The van der Waals surface area contributed by atoms with Gasteiger partial charge in [0.15, 0.2) is 0 Å². The van der Waals surface area contributed by atoms with E-state index < -0.39 is 0 Å². The van der Waals surface area contributed by atoms with E-state index in [1.54, 1.807) is 0 Å². The summed E-state index contributed by atoms with van der Waals surface area (Å²) >= 11 is 0. The Morgan fingerprint density at radius 2 is 0.850 bits per heavy atom. The molecule has 0 aliphatic heterocycles. The molecule has 0 aliphatic carbocycles. The molecular formula is C39H29N. The molecule has 8 rings (SSSR count). The summed E-state index contributed by atoms with van der Waals surface area (Å²) in [6.45, 7) is 4.58. The first-order chi connectivity index (χ1) is 19.7. The van der Waals surface area contributed by atoms with Crippen LogP contribution in [0.1, 0.15) is 25.3 Å². The molecule has 40 heavy (non-hydrogen) atoms. The monoisotopic (exact) mass is 511 g/mol. The summed E-state index contributed by atoms with van der Waals surface area (Å²) in [7, 11) is 0. The van der Waals surface area contributed by atoms with Crippen molar-refractivity contribution in [2.75, 3.05) is 4.90 Å². The Labute approximate surface area is 234 Å². The van der Waals surface area contributed by atoms with Gasteiger partial charge >= 0.3 is 0 Å². The number of nitrogens with zero attached hydrogens (tertiary/aromatic N) is 1. The standard InChI is InChI=1S/C39H29N/c1-25(2)30-21-17-28-19-23-34-37(24-20-29-18-22-33(30)38(28)39(29)34)40(35-15-7-11-26-9-3-5-13-31(26)35)36-16-8-12-27-10-4-6-14-32(27)36/h3-25H,1-2H3. The highest BCUT2D eigenvalue weighted by atomic mass is 15.1. The minimum atomic E-state index is 0.465. The molecule has 0 aliphatic rings. The third kappa shape index (κ3) is 3.34. The fourth-order valence-corrected chi connectivity index (χ4v) is 6.70. The molecule has 0 N–H and O–H groups in total. The fourth-order valence-electron chi connectivity index (χ4n) is 6.70. The van der Waals surface area contributed by atoms with Crippen LogP contribution in [0.25, 0.3) is 53.9 Å². The first kappa shape index (κ1) is 23.0. The van der Waals surface area contributed by atoms with E-state index in [9.17, 15) is 0 Å². The van der Waals surface area contributed by atoms with Gasteiger partial charge in [-0.1, -0.05) is 129 Å². The van der Waals surface area contributed by atoms with Crippen molar-refractivity contribution in [1.82, 2.24) is 0 Å². The average molecular weight is 512 g/mol. The van der Waals surface area contributed by atoms with Crippen LogP contribution in [-0.4, -0.2) is 0 Å². The van der Waals surface area contributed by atoms with Crippen molar-refractivity contribution in [1.29, 1.82) is 0 Å². The highest BCUT2D eigenvalue weighted by molar-refractivity contribution is 6.27. The van der Waals surface area contributed by atoms with Crippen molar-refractivity contribution in [2.24, 2.45) is 0 Å². The summed E-state index contributed by atoms with van der Waals surface area (Å²) in [5.41, 5.74) is 4.98. The van der Waals surface area contributed by atoms with Crippen LogP contribution in [0.2, 0.25) is 0 Å². The van der Waals surface area contributed by atoms with Gasteiger partial charge in [0.1, 0.15) is 0 Å². The van der Waals surface area contributed by atoms with E-state index >= 15 is 0 Å². The fraction of sp³-hybridized carbons (Fsp3) is 0.0769. The van der Waals surface area contributed by atoms with Crippen LogP contribution in [0, 0.1) is 0 Å². The van der Waals surface area contributed by atoms with Gasteiger partial charge in [0, 0.05) is 16.2 Å². The topological polar surface area (TPSA) is 3.24 Å². The zero-order valence-electron chi connectivity index (χ0n) is 22.7. The zero-order chi connectivity index (χ0) is 26.8. The van der Waals surface area contributed by atoms with Crippen LogP contribution < -0.4 is 4.90 Å². The molecule has 0 amide bonds. The first-order valence-corrected chi connectivity index (χ1v) is 14.1. The first-order valence-electron chi connectivity index (χ1n) is 14.1. The summed E-state index contributed by atoms with van der Waals surface area (Å²) < 4.78 is 0. The number of benzene rings is 8. The number of hydrogen-bond donors (Lipinski definition) is 0. The van der Waals surface area contributed by atoms with E-state index in [0.29, 0.717) is 5.92 Å². The molecule has 1 heteroatoms. The molecule has 0 spiro atoms. The normalized spacial score (nSPS) is 12.0. The van der Waals surface area contributed by atoms with Crippen LogP contribution in [0.15, 0.2) is 133 Å². The lowest BCUT2D eigenvalue weighted by atomic mass is 9.88. The Bertz CT molecular complexity index is 2110. The van der Waals surface area contributed by atoms with Gasteiger partial charge in [-0.3, -0.25) is 0 Å². The molecule has 190 valence electrons. The van der Waals surface area contributed by atoms with Crippen LogP contribution in [0.4, 0.5) is 17.1 Å². The second kappa shape index (κ2) is 8.83. The van der Waals surface area contributed by atoms with Crippen molar-refractivity contribution in [3.63, 3.8) is 0 Å². The van der Waals surface area contributed by atoms with E-state index in [0.717, 1.165) is 0 Å². The largest absolute Gasteiger partial charge is 0.309 e. The second-order valence-electron chi connectivity index (χ2n) is 11.1. The minimum absolute atomic E-state index is 0.465. The van der Waals surface area contributed by atoms with Crippen molar-refractivity contribution in [2.45, 2.75) is 19.8 Å². The predicted octanol–water partition coefficient (Wildman–Crippen LogP) is 11.5. The highest BCUT2D eigenvalue weighted by Crippen LogP contribution is 2.47. The SMILES string of the molecule is CC(C)c1ccc2ccc3c(N(c4cccc5ccccc45)c4cccc5ccccc45)ccc4ccc1c2c43. The maximum Gasteiger partial charge on any atom is 0.0541 e. The number of hydrogen-bond acceptors (Lipinski definition) is 1. The molecule has 0 radical (unpaired) electrons. The maximum atomic E-state index is 2.49. The quantitative estimate of drug-likeness (QED) is 0.212. The van der Waals surface area contributed by atoms with E-state index in [1.807, 2.05) is 0 Å². The molecule has 0 heterocycles. The van der Waals surface area contributed by atoms with Crippen molar-refractivity contribution in [3.05, 3.63) is 139 Å². The number of rotatable bonds is 4. The summed E-state index contributed by atoms with van der Waals surface area (Å²) in [6, 6.07) is 49.2. The van der Waals surface area contributed by atoms with Crippen molar-refractivity contribution >= 4 is 70.9 Å². The molecule has 0 fully saturated rings. The third-order valence-corrected chi connectivity index (χ3v) is 8.55. The van der Waals surface area contributed by atoms with Crippen LogP contribution in [0.5, 0.6) is 0 Å². The van der Waals surface area contributed by atoms with Gasteiger partial charge in [-0.2, -0.15) is 0 Å². The summed E-state index contributed by atoms with van der Waals surface area (Å²) in [5.74, 6) is 0.465. The van der Waals surface area contributed by atoms with E-state index in [-0.39, 0.29) is 0 Å². The van der Waals surface area contributed by atoms with Gasteiger partial charge in [0.05, 0.1) is 17.1 Å². The average Bonchev–Trinajstić information content (AvgIpc) is 3.00. The summed E-state index contributed by atoms with van der Waals surface area (Å²) in [4.78, 5) is 2.49. The van der Waals surface area contributed by atoms with Gasteiger partial charge in [-0.15, -0.1) is 0 Å². The molecule has 0 saturated heterocycles. The van der Waals surface area contributed by atoms with Gasteiger partial charge < -0.3 is 4.90 Å². The highest BCUT2D eigenvalue weighted by Gasteiger charge is 2.22. The zero-order valence-corrected chi connectivity index (χ0v) is 22.7. The van der Waals surface area contributed by atoms with Crippen molar-refractivity contribution in [3.8, 4) is 0 Å². The molecule has 0 aromatic heterocycles. The van der Waals surface area contributed by atoms with Gasteiger partial charge in [0.25, 0.3) is 0 Å². The smallest absolute Gasteiger partial charge is 0.0541 e. The molecule has 0 saturated carbocycles. The maximum absolute atomic E-state index is 2.49. The molecule has 8 aromatic carbocycles. The summed E-state index contributed by atoms with van der Waals surface area (Å²) in [5, 5.41) is 12.9. The Morgan fingerprint density at radius 1 is 0.375 bits per heavy atom. The molecule has 1 nitrogen and oxygen atoms in total. The van der Waals surface area contributed by atoms with E-state index in [4.69, 9.17) is 0 Å². The number of fused-ring (bicyclic) bond motifs is 2. The Morgan fingerprint density at radius 3 is 1.48 bits per heavy atom. The Hall–Kier alpha value is -4.88. The molecule has 8 aromatic rings. The van der Waals surface area contributed by atoms with Gasteiger partial charge in [-0.25, -0.2) is 0 Å². The van der Waals surface area contributed by atoms with Crippen LogP contribution in [0.3, 0.4) is 0 Å². The molecule has 0 unspecified atom stereocenters. The third-order valence-electron chi connectivity index (χ3n) is 8.55. The van der Waals surface area contributed by atoms with Gasteiger partial charge in [0.2, 0.25) is 0 Å². The summed E-state index contributed by atoms with van der Waals surface area (Å²) in [6.07, 6.45) is 0.